The van der Waals surface area contributed by atoms with Crippen LogP contribution in [0.4, 0.5) is 4.79 Å². The van der Waals surface area contributed by atoms with Crippen LogP contribution in [-0.4, -0.2) is 40.9 Å². The van der Waals surface area contributed by atoms with Crippen LogP contribution in [0.3, 0.4) is 0 Å². The molecule has 0 aromatic rings. The van der Waals surface area contributed by atoms with Crippen LogP contribution in [0.5, 0.6) is 0 Å². The van der Waals surface area contributed by atoms with Crippen LogP contribution in [0.2, 0.25) is 0 Å². The molecule has 0 spiro atoms. The molecule has 4 heteroatoms. The van der Waals surface area contributed by atoms with Crippen LogP contribution in [0.15, 0.2) is 12.2 Å². The van der Waals surface area contributed by atoms with E-state index in [4.69, 9.17) is 9.84 Å². The number of hydrogen-bond acceptors (Lipinski definition) is 3. The number of nitrogens with zero attached hydrogens (tertiary/aromatic N) is 1. The maximum atomic E-state index is 12.0. The molecule has 1 unspecified atom stereocenters. The zero-order valence-corrected chi connectivity index (χ0v) is 11.0. The van der Waals surface area contributed by atoms with Gasteiger partial charge < -0.3 is 14.7 Å². The Morgan fingerprint density at radius 3 is 2.71 bits per heavy atom. The molecule has 0 bridgehead atoms. The summed E-state index contributed by atoms with van der Waals surface area (Å²) in [6, 6.07) is 0.129. The molecule has 0 saturated carbocycles. The third kappa shape index (κ3) is 4.38. The second kappa shape index (κ2) is 5.54. The minimum atomic E-state index is -0.460. The molecule has 17 heavy (non-hydrogen) atoms. The van der Waals surface area contributed by atoms with Crippen molar-refractivity contribution < 1.29 is 14.6 Å². The van der Waals surface area contributed by atoms with Crippen LogP contribution < -0.4 is 0 Å². The first-order chi connectivity index (χ1) is 7.83. The molecule has 98 valence electrons. The van der Waals surface area contributed by atoms with E-state index in [0.29, 0.717) is 6.42 Å². The molecule has 0 aromatic carbocycles. The van der Waals surface area contributed by atoms with Gasteiger partial charge in [-0.1, -0.05) is 12.2 Å². The smallest absolute Gasteiger partial charge is 0.410 e. The van der Waals surface area contributed by atoms with E-state index in [-0.39, 0.29) is 18.7 Å². The molecular weight excluding hydrogens is 218 g/mol. The Morgan fingerprint density at radius 1 is 1.53 bits per heavy atom. The standard InChI is InChI=1S/C13H23NO3/c1-10(9-15)8-11-6-5-7-14(11)12(16)17-13(2,3)4/h11,15H,1,5-9H2,2-4H3. The lowest BCUT2D eigenvalue weighted by molar-refractivity contribution is 0.0225. The maximum Gasteiger partial charge on any atom is 0.410 e. The van der Waals surface area contributed by atoms with Crippen molar-refractivity contribution in [3.63, 3.8) is 0 Å². The lowest BCUT2D eigenvalue weighted by atomic mass is 10.1. The number of hydrogen-bond donors (Lipinski definition) is 1. The highest BCUT2D eigenvalue weighted by Crippen LogP contribution is 2.24. The van der Waals surface area contributed by atoms with Crippen molar-refractivity contribution in [1.29, 1.82) is 0 Å². The molecule has 1 N–H and O–H groups in total. The quantitative estimate of drug-likeness (QED) is 0.771. The summed E-state index contributed by atoms with van der Waals surface area (Å²) in [7, 11) is 0. The van der Waals surface area contributed by atoms with Crippen molar-refractivity contribution in [1.82, 2.24) is 4.90 Å². The Labute approximate surface area is 103 Å². The van der Waals surface area contributed by atoms with Gasteiger partial charge in [0.25, 0.3) is 0 Å². The Bertz CT molecular complexity index is 294. The summed E-state index contributed by atoms with van der Waals surface area (Å²) in [6.45, 7) is 10.1. The first kappa shape index (κ1) is 14.0. The van der Waals surface area contributed by atoms with Gasteiger partial charge in [0.05, 0.1) is 6.61 Å². The number of carbonyl (C=O) groups excluding carboxylic acids is 1. The summed E-state index contributed by atoms with van der Waals surface area (Å²) < 4.78 is 5.36. The van der Waals surface area contributed by atoms with Crippen LogP contribution >= 0.6 is 0 Å². The van der Waals surface area contributed by atoms with Crippen molar-refractivity contribution in [2.24, 2.45) is 0 Å². The Balaban J connectivity index is 2.57. The predicted molar refractivity (Wildman–Crippen MR) is 66.8 cm³/mol. The molecule has 4 nitrogen and oxygen atoms in total. The molecule has 0 aromatic heterocycles. The highest BCUT2D eigenvalue weighted by Gasteiger charge is 2.32. The molecule has 1 saturated heterocycles. The molecule has 0 aliphatic carbocycles. The molecule has 0 radical (unpaired) electrons. The van der Waals surface area contributed by atoms with E-state index in [9.17, 15) is 4.79 Å². The van der Waals surface area contributed by atoms with E-state index < -0.39 is 5.60 Å². The van der Waals surface area contributed by atoms with Crippen LogP contribution in [0, 0.1) is 0 Å². The fraction of sp³-hybridized carbons (Fsp3) is 0.769. The zero-order chi connectivity index (χ0) is 13.1. The summed E-state index contributed by atoms with van der Waals surface area (Å²) >= 11 is 0. The SMILES string of the molecule is C=C(CO)CC1CCCN1C(=O)OC(C)(C)C. The molecule has 1 fully saturated rings. The monoisotopic (exact) mass is 241 g/mol. The fourth-order valence-electron chi connectivity index (χ4n) is 2.01. The van der Waals surface area contributed by atoms with Crippen molar-refractivity contribution in [2.75, 3.05) is 13.2 Å². The number of aliphatic hydroxyl groups excluding tert-OH is 1. The first-order valence-electron chi connectivity index (χ1n) is 6.10. The van der Waals surface area contributed by atoms with Gasteiger partial charge in [0.15, 0.2) is 0 Å². The fourth-order valence-corrected chi connectivity index (χ4v) is 2.01. The van der Waals surface area contributed by atoms with Crippen molar-refractivity contribution in [3.8, 4) is 0 Å². The number of likely N-dealkylation sites (tertiary alicyclic amines) is 1. The van der Waals surface area contributed by atoms with Crippen molar-refractivity contribution >= 4 is 6.09 Å². The summed E-state index contributed by atoms with van der Waals surface area (Å²) in [5.74, 6) is 0. The maximum absolute atomic E-state index is 12.0. The van der Waals surface area contributed by atoms with Gasteiger partial charge in [-0.3, -0.25) is 0 Å². The summed E-state index contributed by atoms with van der Waals surface area (Å²) in [6.07, 6.45) is 2.35. The van der Waals surface area contributed by atoms with Crippen LogP contribution in [0.25, 0.3) is 0 Å². The highest BCUT2D eigenvalue weighted by atomic mass is 16.6. The second-order valence-corrected chi connectivity index (χ2v) is 5.58. The third-order valence-corrected chi connectivity index (χ3v) is 2.75. The highest BCUT2D eigenvalue weighted by molar-refractivity contribution is 5.69. The van der Waals surface area contributed by atoms with E-state index in [1.807, 2.05) is 20.8 Å². The van der Waals surface area contributed by atoms with E-state index in [1.165, 1.54) is 0 Å². The summed E-state index contributed by atoms with van der Waals surface area (Å²) in [5.41, 5.74) is 0.309. The van der Waals surface area contributed by atoms with Gasteiger partial charge in [-0.15, -0.1) is 0 Å². The molecule has 1 aliphatic rings. The Kier molecular flexibility index (Phi) is 4.57. The molecular formula is C13H23NO3. The average Bonchev–Trinajstić information content (AvgIpc) is 2.63. The number of ether oxygens (including phenoxy) is 1. The van der Waals surface area contributed by atoms with Gasteiger partial charge in [-0.05, 0) is 40.0 Å². The topological polar surface area (TPSA) is 49.8 Å². The van der Waals surface area contributed by atoms with Gasteiger partial charge in [0.1, 0.15) is 5.60 Å². The minimum absolute atomic E-state index is 0.0152. The van der Waals surface area contributed by atoms with Gasteiger partial charge in [0, 0.05) is 12.6 Å². The number of amides is 1. The second-order valence-electron chi connectivity index (χ2n) is 5.58. The van der Waals surface area contributed by atoms with Crippen LogP contribution in [-0.2, 0) is 4.74 Å². The van der Waals surface area contributed by atoms with Gasteiger partial charge in [0.2, 0.25) is 0 Å². The minimum Gasteiger partial charge on any atom is -0.444 e. The number of carbonyl (C=O) groups is 1. The lowest BCUT2D eigenvalue weighted by Crippen LogP contribution is -2.40. The molecule has 1 heterocycles. The normalized spacial score (nSPS) is 20.5. The van der Waals surface area contributed by atoms with Crippen LogP contribution in [0.1, 0.15) is 40.0 Å². The lowest BCUT2D eigenvalue weighted by Gasteiger charge is -2.28. The van der Waals surface area contributed by atoms with Gasteiger partial charge in [-0.2, -0.15) is 0 Å². The third-order valence-electron chi connectivity index (χ3n) is 2.75. The van der Waals surface area contributed by atoms with Gasteiger partial charge >= 0.3 is 6.09 Å². The summed E-state index contributed by atoms with van der Waals surface area (Å²) in [4.78, 5) is 13.7. The number of rotatable bonds is 3. The summed E-state index contributed by atoms with van der Waals surface area (Å²) in [5, 5.41) is 8.97. The largest absolute Gasteiger partial charge is 0.444 e. The molecule has 1 rings (SSSR count). The van der Waals surface area contributed by atoms with Crippen molar-refractivity contribution in [2.45, 2.75) is 51.7 Å². The van der Waals surface area contributed by atoms with Gasteiger partial charge in [-0.25, -0.2) is 4.79 Å². The number of aliphatic hydroxyl groups is 1. The zero-order valence-electron chi connectivity index (χ0n) is 11.0. The molecule has 1 atom stereocenters. The Hall–Kier alpha value is -1.03. The Morgan fingerprint density at radius 2 is 2.18 bits per heavy atom. The van der Waals surface area contributed by atoms with E-state index in [1.54, 1.807) is 4.90 Å². The van der Waals surface area contributed by atoms with E-state index in [2.05, 4.69) is 6.58 Å². The molecule has 1 aliphatic heterocycles. The van der Waals surface area contributed by atoms with E-state index >= 15 is 0 Å². The average molecular weight is 241 g/mol. The molecule has 1 amide bonds. The van der Waals surface area contributed by atoms with Crippen molar-refractivity contribution in [3.05, 3.63) is 12.2 Å². The first-order valence-corrected chi connectivity index (χ1v) is 6.10. The predicted octanol–water partition coefficient (Wildman–Crippen LogP) is 2.32. The van der Waals surface area contributed by atoms with E-state index in [0.717, 1.165) is 25.0 Å².